The molecule has 0 N–H and O–H groups in total. The highest BCUT2D eigenvalue weighted by Gasteiger charge is 2.26. The van der Waals surface area contributed by atoms with Crippen molar-refractivity contribution in [2.24, 2.45) is 0 Å². The van der Waals surface area contributed by atoms with Crippen molar-refractivity contribution in [2.75, 3.05) is 9.80 Å². The molecular weight excluding hydrogens is 657 g/mol. The molecule has 0 aliphatic rings. The van der Waals surface area contributed by atoms with Gasteiger partial charge in [0, 0.05) is 34.1 Å². The molecule has 0 unspecified atom stereocenters. The van der Waals surface area contributed by atoms with Crippen LogP contribution in [0.4, 0.5) is 34.1 Å². The van der Waals surface area contributed by atoms with E-state index in [1.54, 1.807) is 0 Å². The summed E-state index contributed by atoms with van der Waals surface area (Å²) in [6.45, 7) is 4.86. The van der Waals surface area contributed by atoms with Crippen LogP contribution in [0.15, 0.2) is 218 Å². The second-order valence-corrected chi connectivity index (χ2v) is 18.3. The van der Waals surface area contributed by atoms with Crippen LogP contribution >= 0.6 is 0 Å². The summed E-state index contributed by atoms with van der Waals surface area (Å²) in [7, 11) is -1.80. The zero-order chi connectivity index (χ0) is 36.0. The minimum absolute atomic E-state index is 1.13. The largest absolute Gasteiger partial charge is 0.311 e. The van der Waals surface area contributed by atoms with E-state index in [4.69, 9.17) is 0 Å². The summed E-state index contributed by atoms with van der Waals surface area (Å²) in [5.41, 5.74) is 11.6. The minimum Gasteiger partial charge on any atom is -0.311 e. The molecule has 0 aliphatic heterocycles. The first-order chi connectivity index (χ1) is 26.0. The topological polar surface area (TPSA) is 6.48 Å². The normalized spacial score (nSPS) is 11.2. The molecule has 0 spiro atoms. The van der Waals surface area contributed by atoms with Gasteiger partial charge in [-0.25, -0.2) is 0 Å². The van der Waals surface area contributed by atoms with Crippen LogP contribution in [0.25, 0.3) is 22.3 Å². The second-order valence-electron chi connectivity index (χ2n) is 13.9. The van der Waals surface area contributed by atoms with Gasteiger partial charge in [0.15, 0.2) is 0 Å². The highest BCUT2D eigenvalue weighted by atomic mass is 28.3. The highest BCUT2D eigenvalue weighted by Crippen LogP contribution is 2.37. The van der Waals surface area contributed by atoms with Crippen molar-refractivity contribution in [3.8, 4) is 22.3 Å². The van der Waals surface area contributed by atoms with E-state index in [-0.39, 0.29) is 0 Å². The van der Waals surface area contributed by atoms with Gasteiger partial charge in [0.25, 0.3) is 0 Å². The van der Waals surface area contributed by atoms with Gasteiger partial charge in [-0.05, 0) is 95.1 Å². The Kier molecular flexibility index (Phi) is 9.57. The summed E-state index contributed by atoms with van der Waals surface area (Å²) in [6, 6.07) is 78.5. The molecule has 8 aromatic carbocycles. The molecule has 3 heteroatoms. The summed E-state index contributed by atoms with van der Waals surface area (Å²) in [6.07, 6.45) is 0. The maximum atomic E-state index is 2.43. The first-order valence-electron chi connectivity index (χ1n) is 18.3. The zero-order valence-electron chi connectivity index (χ0n) is 30.2. The van der Waals surface area contributed by atoms with Crippen molar-refractivity contribution in [1.29, 1.82) is 0 Å². The number of rotatable bonds is 10. The van der Waals surface area contributed by atoms with E-state index in [9.17, 15) is 0 Å². The van der Waals surface area contributed by atoms with Crippen LogP contribution < -0.4 is 20.2 Å². The number of benzene rings is 8. The Hall–Kier alpha value is -6.42. The molecule has 0 amide bonds. The van der Waals surface area contributed by atoms with Gasteiger partial charge in [-0.15, -0.1) is 0 Å². The molecule has 0 aromatic heterocycles. The van der Waals surface area contributed by atoms with Gasteiger partial charge in [0.05, 0.1) is 0 Å². The van der Waals surface area contributed by atoms with E-state index in [1.165, 1.54) is 32.6 Å². The SMILES string of the molecule is C[Si](C)(c1ccccc1)c1ccc(N(c2ccccc2)c2ccc(-c3ccc(-c4ccc(N(c5ccccc5)c5ccccc5)cc4)cc3)cc2)cc1. The third-order valence-electron chi connectivity index (χ3n) is 10.2. The third kappa shape index (κ3) is 7.21. The number of para-hydroxylation sites is 3. The number of anilines is 6. The van der Waals surface area contributed by atoms with Crippen molar-refractivity contribution >= 4 is 52.6 Å². The molecule has 0 radical (unpaired) electrons. The lowest BCUT2D eigenvalue weighted by Crippen LogP contribution is -2.52. The summed E-state index contributed by atoms with van der Waals surface area (Å²) in [5.74, 6) is 0. The Morgan fingerprint density at radius 3 is 0.792 bits per heavy atom. The monoisotopic (exact) mass is 698 g/mol. The first-order valence-corrected chi connectivity index (χ1v) is 21.3. The second kappa shape index (κ2) is 15.0. The number of hydrogen-bond acceptors (Lipinski definition) is 2. The van der Waals surface area contributed by atoms with Gasteiger partial charge in [0.1, 0.15) is 8.07 Å². The summed E-state index contributed by atoms with van der Waals surface area (Å²) < 4.78 is 0. The van der Waals surface area contributed by atoms with Crippen molar-refractivity contribution in [3.05, 3.63) is 218 Å². The average Bonchev–Trinajstić information content (AvgIpc) is 3.23. The Morgan fingerprint density at radius 2 is 0.472 bits per heavy atom. The van der Waals surface area contributed by atoms with Crippen LogP contribution in [-0.2, 0) is 0 Å². The van der Waals surface area contributed by atoms with E-state index in [2.05, 4.69) is 241 Å². The molecule has 53 heavy (non-hydrogen) atoms. The van der Waals surface area contributed by atoms with Crippen LogP contribution in [0.1, 0.15) is 0 Å². The summed E-state index contributed by atoms with van der Waals surface area (Å²) in [4.78, 5) is 4.63. The van der Waals surface area contributed by atoms with Gasteiger partial charge in [-0.3, -0.25) is 0 Å². The van der Waals surface area contributed by atoms with E-state index >= 15 is 0 Å². The average molecular weight is 699 g/mol. The van der Waals surface area contributed by atoms with Gasteiger partial charge in [-0.1, -0.05) is 169 Å². The quantitative estimate of drug-likeness (QED) is 0.131. The molecule has 256 valence electrons. The fourth-order valence-electron chi connectivity index (χ4n) is 7.14. The van der Waals surface area contributed by atoms with Gasteiger partial charge < -0.3 is 9.80 Å². The van der Waals surface area contributed by atoms with Gasteiger partial charge in [-0.2, -0.15) is 0 Å². The molecule has 2 nitrogen and oxygen atoms in total. The molecule has 8 aromatic rings. The molecule has 0 atom stereocenters. The molecular formula is C50H42N2Si. The van der Waals surface area contributed by atoms with Crippen molar-refractivity contribution in [2.45, 2.75) is 13.1 Å². The molecule has 8 rings (SSSR count). The smallest absolute Gasteiger partial charge is 0.112 e. The number of hydrogen-bond donors (Lipinski definition) is 0. The lowest BCUT2D eigenvalue weighted by atomic mass is 9.99. The molecule has 0 saturated carbocycles. The molecule has 0 bridgehead atoms. The lowest BCUT2D eigenvalue weighted by Gasteiger charge is -2.28. The van der Waals surface area contributed by atoms with Gasteiger partial charge in [0.2, 0.25) is 0 Å². The number of nitrogens with zero attached hydrogens (tertiary/aromatic N) is 2. The van der Waals surface area contributed by atoms with Crippen LogP contribution in [0, 0.1) is 0 Å². The maximum absolute atomic E-state index is 2.43. The van der Waals surface area contributed by atoms with E-state index in [0.29, 0.717) is 0 Å². The standard InChI is InChI=1S/C50H42N2Si/c1-53(2,49-21-13-6-14-22-49)50-37-35-48(36-38-50)52(45-19-11-5-12-20-45)47-33-29-42(30-34-47)40-25-23-39(24-26-40)41-27-31-46(32-28-41)51(43-15-7-3-8-16-43)44-17-9-4-10-18-44/h3-38H,1-2H3. The third-order valence-corrected chi connectivity index (χ3v) is 13.7. The van der Waals surface area contributed by atoms with Crippen molar-refractivity contribution < 1.29 is 0 Å². The fraction of sp³-hybridized carbons (Fsp3) is 0.0400. The van der Waals surface area contributed by atoms with Crippen LogP contribution in [0.5, 0.6) is 0 Å². The van der Waals surface area contributed by atoms with Gasteiger partial charge >= 0.3 is 0 Å². The Balaban J connectivity index is 1.03. The molecule has 0 heterocycles. The summed E-state index contributed by atoms with van der Waals surface area (Å²) in [5, 5.41) is 2.87. The maximum Gasteiger partial charge on any atom is 0.112 e. The highest BCUT2D eigenvalue weighted by molar-refractivity contribution is 7.00. The Labute approximate surface area is 314 Å². The summed E-state index contributed by atoms with van der Waals surface area (Å²) >= 11 is 0. The van der Waals surface area contributed by atoms with E-state index < -0.39 is 8.07 Å². The fourth-order valence-corrected chi connectivity index (χ4v) is 9.49. The van der Waals surface area contributed by atoms with Crippen LogP contribution in [0.3, 0.4) is 0 Å². The molecule has 0 aliphatic carbocycles. The first kappa shape index (κ1) is 33.7. The van der Waals surface area contributed by atoms with E-state index in [0.717, 1.165) is 34.1 Å². The minimum atomic E-state index is -1.80. The Morgan fingerprint density at radius 1 is 0.245 bits per heavy atom. The zero-order valence-corrected chi connectivity index (χ0v) is 31.2. The van der Waals surface area contributed by atoms with Crippen LogP contribution in [-0.4, -0.2) is 8.07 Å². The lowest BCUT2D eigenvalue weighted by molar-refractivity contribution is 1.28. The predicted octanol–water partition coefficient (Wildman–Crippen LogP) is 12.8. The Bertz CT molecular complexity index is 2320. The molecule has 0 fully saturated rings. The van der Waals surface area contributed by atoms with E-state index in [1.807, 2.05) is 0 Å². The predicted molar refractivity (Wildman–Crippen MR) is 230 cm³/mol. The van der Waals surface area contributed by atoms with Crippen molar-refractivity contribution in [1.82, 2.24) is 0 Å². The molecule has 0 saturated heterocycles. The van der Waals surface area contributed by atoms with Crippen LogP contribution in [0.2, 0.25) is 13.1 Å². The van der Waals surface area contributed by atoms with Crippen molar-refractivity contribution in [3.63, 3.8) is 0 Å².